The number of carbonyl (C=O) groups is 1. The van der Waals surface area contributed by atoms with Crippen molar-refractivity contribution in [3.63, 3.8) is 0 Å². The van der Waals surface area contributed by atoms with Crippen LogP contribution in [0, 0.1) is 5.92 Å². The standard InChI is InChI=1S/C14H28N2O2S/c1-6-8-12-15-13(10(3)7-2)14(17)16(12)11(4)9-19(5)18/h10-13,15H,6-9H2,1-5H3. The first-order chi connectivity index (χ1) is 8.92. The average Bonchev–Trinajstić information content (AvgIpc) is 2.65. The molecule has 1 saturated heterocycles. The van der Waals surface area contributed by atoms with Gasteiger partial charge in [-0.1, -0.05) is 33.6 Å². The number of nitrogens with zero attached hydrogens (tertiary/aromatic N) is 1. The Kier molecular flexibility index (Phi) is 6.47. The maximum Gasteiger partial charge on any atom is 0.241 e. The lowest BCUT2D eigenvalue weighted by Crippen LogP contribution is -2.45. The van der Waals surface area contributed by atoms with Gasteiger partial charge in [-0.2, -0.15) is 0 Å². The smallest absolute Gasteiger partial charge is 0.241 e. The van der Waals surface area contributed by atoms with E-state index < -0.39 is 10.8 Å². The zero-order valence-electron chi connectivity index (χ0n) is 12.8. The fourth-order valence-electron chi connectivity index (χ4n) is 2.76. The highest BCUT2D eigenvalue weighted by Gasteiger charge is 2.42. The van der Waals surface area contributed by atoms with Crippen LogP contribution in [0.2, 0.25) is 0 Å². The molecule has 19 heavy (non-hydrogen) atoms. The van der Waals surface area contributed by atoms with Gasteiger partial charge in [0.25, 0.3) is 0 Å². The van der Waals surface area contributed by atoms with E-state index in [1.54, 1.807) is 6.26 Å². The van der Waals surface area contributed by atoms with Gasteiger partial charge in [0.15, 0.2) is 0 Å². The zero-order valence-corrected chi connectivity index (χ0v) is 13.6. The molecule has 1 amide bonds. The largest absolute Gasteiger partial charge is 0.322 e. The molecule has 0 radical (unpaired) electrons. The highest BCUT2D eigenvalue weighted by molar-refractivity contribution is 7.84. The number of amides is 1. The molecule has 0 saturated carbocycles. The second-order valence-electron chi connectivity index (χ2n) is 5.67. The van der Waals surface area contributed by atoms with Gasteiger partial charge in [-0.3, -0.25) is 14.3 Å². The van der Waals surface area contributed by atoms with E-state index in [-0.39, 0.29) is 24.2 Å². The molecule has 5 unspecified atom stereocenters. The zero-order chi connectivity index (χ0) is 14.6. The topological polar surface area (TPSA) is 49.4 Å². The van der Waals surface area contributed by atoms with E-state index in [2.05, 4.69) is 26.1 Å². The van der Waals surface area contributed by atoms with E-state index in [1.807, 2.05) is 11.8 Å². The molecule has 1 rings (SSSR count). The van der Waals surface area contributed by atoms with Crippen LogP contribution in [0.1, 0.15) is 47.0 Å². The Morgan fingerprint density at radius 1 is 1.37 bits per heavy atom. The lowest BCUT2D eigenvalue weighted by Gasteiger charge is -2.29. The Labute approximate surface area is 119 Å². The Hall–Kier alpha value is -0.420. The Morgan fingerprint density at radius 2 is 2.00 bits per heavy atom. The van der Waals surface area contributed by atoms with Gasteiger partial charge in [-0.05, 0) is 19.3 Å². The van der Waals surface area contributed by atoms with Gasteiger partial charge in [0.2, 0.25) is 5.91 Å². The third-order valence-electron chi connectivity index (χ3n) is 3.95. The van der Waals surface area contributed by atoms with E-state index in [0.717, 1.165) is 19.3 Å². The predicted octanol–water partition coefficient (Wildman–Crippen LogP) is 1.73. The normalized spacial score (nSPS) is 28.5. The van der Waals surface area contributed by atoms with Crippen LogP contribution in [0.4, 0.5) is 0 Å². The molecule has 0 aromatic rings. The van der Waals surface area contributed by atoms with Crippen molar-refractivity contribution in [1.29, 1.82) is 0 Å². The molecule has 5 heteroatoms. The first-order valence-electron chi connectivity index (χ1n) is 7.30. The molecule has 4 nitrogen and oxygen atoms in total. The molecular formula is C14H28N2O2S. The average molecular weight is 288 g/mol. The fourth-order valence-corrected chi connectivity index (χ4v) is 3.60. The molecule has 5 atom stereocenters. The van der Waals surface area contributed by atoms with Gasteiger partial charge in [0.1, 0.15) is 0 Å². The maximum absolute atomic E-state index is 12.6. The number of hydrogen-bond acceptors (Lipinski definition) is 3. The molecular weight excluding hydrogens is 260 g/mol. The molecule has 0 aromatic heterocycles. The molecule has 112 valence electrons. The van der Waals surface area contributed by atoms with E-state index in [4.69, 9.17) is 0 Å². The van der Waals surface area contributed by atoms with E-state index in [0.29, 0.717) is 11.7 Å². The number of carbonyl (C=O) groups excluding carboxylic acids is 1. The molecule has 0 aromatic carbocycles. The number of rotatable bonds is 7. The summed E-state index contributed by atoms with van der Waals surface area (Å²) in [6, 6.07) is -0.0364. The summed E-state index contributed by atoms with van der Waals surface area (Å²) in [4.78, 5) is 14.5. The van der Waals surface area contributed by atoms with E-state index in [1.165, 1.54) is 0 Å². The SMILES string of the molecule is CCCC1NC(C(C)CC)C(=O)N1C(C)CS(C)=O. The van der Waals surface area contributed by atoms with Gasteiger partial charge in [0.05, 0.1) is 12.2 Å². The monoisotopic (exact) mass is 288 g/mol. The van der Waals surface area contributed by atoms with Gasteiger partial charge in [-0.15, -0.1) is 0 Å². The number of nitrogens with one attached hydrogen (secondary N) is 1. The molecule has 1 aliphatic heterocycles. The predicted molar refractivity (Wildman–Crippen MR) is 80.3 cm³/mol. The van der Waals surface area contributed by atoms with Crippen LogP contribution in [0.15, 0.2) is 0 Å². The molecule has 1 aliphatic rings. The minimum Gasteiger partial charge on any atom is -0.322 e. The van der Waals surface area contributed by atoms with Crippen LogP contribution in [0.5, 0.6) is 0 Å². The van der Waals surface area contributed by atoms with Crippen LogP contribution < -0.4 is 5.32 Å². The molecule has 1 N–H and O–H groups in total. The van der Waals surface area contributed by atoms with E-state index in [9.17, 15) is 9.00 Å². The van der Waals surface area contributed by atoms with Gasteiger partial charge < -0.3 is 4.90 Å². The van der Waals surface area contributed by atoms with Crippen molar-refractivity contribution < 1.29 is 9.00 Å². The Morgan fingerprint density at radius 3 is 2.47 bits per heavy atom. The van der Waals surface area contributed by atoms with Crippen LogP contribution in [0.3, 0.4) is 0 Å². The highest BCUT2D eigenvalue weighted by Crippen LogP contribution is 2.24. The van der Waals surface area contributed by atoms with Gasteiger partial charge >= 0.3 is 0 Å². The van der Waals surface area contributed by atoms with Crippen LogP contribution in [-0.2, 0) is 15.6 Å². The summed E-state index contributed by atoms with van der Waals surface area (Å²) in [7, 11) is -0.871. The van der Waals surface area contributed by atoms with Crippen molar-refractivity contribution in [3.8, 4) is 0 Å². The third-order valence-corrected chi connectivity index (χ3v) is 4.91. The third kappa shape index (κ3) is 4.02. The van der Waals surface area contributed by atoms with Gasteiger partial charge in [0, 0.05) is 28.9 Å². The lowest BCUT2D eigenvalue weighted by atomic mass is 9.99. The quantitative estimate of drug-likeness (QED) is 0.776. The minimum absolute atomic E-state index is 0.0384. The minimum atomic E-state index is -0.871. The van der Waals surface area contributed by atoms with Crippen LogP contribution in [-0.4, -0.2) is 45.3 Å². The van der Waals surface area contributed by atoms with Crippen LogP contribution >= 0.6 is 0 Å². The molecule has 0 bridgehead atoms. The van der Waals surface area contributed by atoms with Crippen molar-refractivity contribution in [2.45, 2.75) is 65.2 Å². The maximum atomic E-state index is 12.6. The van der Waals surface area contributed by atoms with Gasteiger partial charge in [-0.25, -0.2) is 0 Å². The van der Waals surface area contributed by atoms with Crippen molar-refractivity contribution in [3.05, 3.63) is 0 Å². The first-order valence-corrected chi connectivity index (χ1v) is 9.03. The highest BCUT2D eigenvalue weighted by atomic mass is 32.2. The number of hydrogen-bond donors (Lipinski definition) is 1. The first kappa shape index (κ1) is 16.6. The summed E-state index contributed by atoms with van der Waals surface area (Å²) < 4.78 is 11.4. The fraction of sp³-hybridized carbons (Fsp3) is 0.929. The summed E-state index contributed by atoms with van der Waals surface area (Å²) in [5, 5.41) is 3.47. The second-order valence-corrected chi connectivity index (χ2v) is 7.15. The summed E-state index contributed by atoms with van der Waals surface area (Å²) in [6.07, 6.45) is 4.79. The lowest BCUT2D eigenvalue weighted by molar-refractivity contribution is -0.132. The van der Waals surface area contributed by atoms with Crippen LogP contribution in [0.25, 0.3) is 0 Å². The summed E-state index contributed by atoms with van der Waals surface area (Å²) >= 11 is 0. The van der Waals surface area contributed by atoms with Crippen molar-refractivity contribution >= 4 is 16.7 Å². The van der Waals surface area contributed by atoms with Crippen molar-refractivity contribution in [1.82, 2.24) is 10.2 Å². The molecule has 1 heterocycles. The summed E-state index contributed by atoms with van der Waals surface area (Å²) in [5.41, 5.74) is 0. The molecule has 0 spiro atoms. The van der Waals surface area contributed by atoms with Crippen molar-refractivity contribution in [2.24, 2.45) is 5.92 Å². The van der Waals surface area contributed by atoms with E-state index >= 15 is 0 Å². The Bertz CT molecular complexity index is 335. The second kappa shape index (κ2) is 7.39. The summed E-state index contributed by atoms with van der Waals surface area (Å²) in [6.45, 7) is 8.36. The Balaban J connectivity index is 2.85. The molecule has 1 fully saturated rings. The van der Waals surface area contributed by atoms with Crippen molar-refractivity contribution in [2.75, 3.05) is 12.0 Å². The molecule has 0 aliphatic carbocycles. The summed E-state index contributed by atoms with van der Waals surface area (Å²) in [5.74, 6) is 1.09.